The Morgan fingerprint density at radius 1 is 1.38 bits per heavy atom. The Morgan fingerprint density at radius 3 is 2.75 bits per heavy atom. The number of pyridine rings is 1. The molecule has 7 heteroatoms. The molecule has 7 nitrogen and oxygen atoms in total. The van der Waals surface area contributed by atoms with Crippen molar-refractivity contribution in [2.75, 3.05) is 39.4 Å². The molecule has 1 aromatic heterocycles. The molecule has 2 aliphatic heterocycles. The van der Waals surface area contributed by atoms with Gasteiger partial charge in [-0.3, -0.25) is 19.5 Å². The van der Waals surface area contributed by atoms with Crippen LogP contribution in [0.15, 0.2) is 35.9 Å². The Balaban J connectivity index is 1.83. The molecule has 0 bridgehead atoms. The van der Waals surface area contributed by atoms with Gasteiger partial charge in [0.25, 0.3) is 5.91 Å². The summed E-state index contributed by atoms with van der Waals surface area (Å²) in [7, 11) is 0. The number of Topliss-reactive ketones (excluding diaryl/α,β-unsaturated/α-hetero) is 1. The summed E-state index contributed by atoms with van der Waals surface area (Å²) in [6.07, 6.45) is 3.26. The fourth-order valence-corrected chi connectivity index (χ4v) is 3.20. The van der Waals surface area contributed by atoms with E-state index in [1.807, 2.05) is 6.07 Å². The summed E-state index contributed by atoms with van der Waals surface area (Å²) in [5.41, 5.74) is 0.872. The highest BCUT2D eigenvalue weighted by Crippen LogP contribution is 2.37. The molecule has 1 amide bonds. The first-order chi connectivity index (χ1) is 11.6. The van der Waals surface area contributed by atoms with E-state index in [0.717, 1.165) is 18.7 Å². The molecule has 1 saturated heterocycles. The van der Waals surface area contributed by atoms with Gasteiger partial charge in [0.1, 0.15) is 0 Å². The Morgan fingerprint density at radius 2 is 2.12 bits per heavy atom. The zero-order valence-corrected chi connectivity index (χ0v) is 13.6. The van der Waals surface area contributed by atoms with E-state index >= 15 is 0 Å². The predicted molar refractivity (Wildman–Crippen MR) is 86.3 cm³/mol. The van der Waals surface area contributed by atoms with Crippen LogP contribution >= 0.6 is 0 Å². The monoisotopic (exact) mass is 331 g/mol. The molecule has 1 fully saturated rings. The largest absolute Gasteiger partial charge is 0.503 e. The minimum Gasteiger partial charge on any atom is -0.503 e. The summed E-state index contributed by atoms with van der Waals surface area (Å²) < 4.78 is 5.33. The topological polar surface area (TPSA) is 83.0 Å². The first kappa shape index (κ1) is 16.6. The molecule has 0 aliphatic carbocycles. The molecule has 2 aliphatic rings. The highest BCUT2D eigenvalue weighted by Gasteiger charge is 2.42. The molecule has 3 heterocycles. The van der Waals surface area contributed by atoms with Gasteiger partial charge in [-0.2, -0.15) is 0 Å². The molecular weight excluding hydrogens is 310 g/mol. The summed E-state index contributed by atoms with van der Waals surface area (Å²) in [6, 6.07) is 2.99. The number of aliphatic hydroxyl groups excluding tert-OH is 1. The molecule has 0 radical (unpaired) electrons. The number of ether oxygens (including phenoxy) is 1. The lowest BCUT2D eigenvalue weighted by atomic mass is 9.98. The third-order valence-electron chi connectivity index (χ3n) is 4.44. The van der Waals surface area contributed by atoms with Crippen LogP contribution < -0.4 is 0 Å². The van der Waals surface area contributed by atoms with Crippen molar-refractivity contribution in [3.8, 4) is 0 Å². The number of carbonyl (C=O) groups is 2. The lowest BCUT2D eigenvalue weighted by Crippen LogP contribution is -2.43. The third kappa shape index (κ3) is 3.18. The fraction of sp³-hybridized carbons (Fsp3) is 0.471. The molecule has 0 unspecified atom stereocenters. The van der Waals surface area contributed by atoms with Crippen LogP contribution in [0, 0.1) is 0 Å². The number of hydrogen-bond acceptors (Lipinski definition) is 6. The molecule has 0 aromatic carbocycles. The maximum Gasteiger partial charge on any atom is 0.290 e. The van der Waals surface area contributed by atoms with E-state index in [1.165, 1.54) is 6.92 Å². The number of aliphatic hydroxyl groups is 1. The Bertz CT molecular complexity index is 653. The Kier molecular flexibility index (Phi) is 4.92. The Labute approximate surface area is 140 Å². The predicted octanol–water partition coefficient (Wildman–Crippen LogP) is 0.698. The van der Waals surface area contributed by atoms with Crippen LogP contribution in [0.5, 0.6) is 0 Å². The quantitative estimate of drug-likeness (QED) is 0.855. The van der Waals surface area contributed by atoms with Gasteiger partial charge in [-0.05, 0) is 18.6 Å². The molecule has 0 spiro atoms. The van der Waals surface area contributed by atoms with E-state index < -0.39 is 17.7 Å². The van der Waals surface area contributed by atoms with Crippen molar-refractivity contribution in [3.05, 3.63) is 41.4 Å². The number of nitrogens with zero attached hydrogens (tertiary/aromatic N) is 3. The van der Waals surface area contributed by atoms with Crippen molar-refractivity contribution in [1.82, 2.24) is 14.8 Å². The first-order valence-corrected chi connectivity index (χ1v) is 8.04. The number of aromatic nitrogens is 1. The highest BCUT2D eigenvalue weighted by molar-refractivity contribution is 6.08. The standard InChI is InChI=1S/C17H21N3O4/c1-12(21)14-15(13-3-2-4-18-11-13)20(17(23)16(14)22)6-5-19-7-9-24-10-8-19/h2-4,11,15,22H,5-10H2,1H3/t15-/m1/s1. The van der Waals surface area contributed by atoms with Crippen molar-refractivity contribution in [2.24, 2.45) is 0 Å². The number of morpholine rings is 1. The van der Waals surface area contributed by atoms with Crippen LogP contribution in [-0.4, -0.2) is 71.0 Å². The van der Waals surface area contributed by atoms with Crippen LogP contribution in [0.2, 0.25) is 0 Å². The minimum absolute atomic E-state index is 0.148. The van der Waals surface area contributed by atoms with Crippen molar-refractivity contribution in [1.29, 1.82) is 0 Å². The summed E-state index contributed by atoms with van der Waals surface area (Å²) >= 11 is 0. The molecule has 3 rings (SSSR count). The van der Waals surface area contributed by atoms with Crippen LogP contribution in [0.1, 0.15) is 18.5 Å². The maximum absolute atomic E-state index is 12.5. The maximum atomic E-state index is 12.5. The molecule has 0 saturated carbocycles. The van der Waals surface area contributed by atoms with E-state index in [1.54, 1.807) is 23.4 Å². The van der Waals surface area contributed by atoms with E-state index in [4.69, 9.17) is 4.74 Å². The number of rotatable bonds is 5. The lowest BCUT2D eigenvalue weighted by molar-refractivity contribution is -0.129. The zero-order valence-electron chi connectivity index (χ0n) is 13.6. The summed E-state index contributed by atoms with van der Waals surface area (Å²) in [6.45, 7) is 5.47. The second kappa shape index (κ2) is 7.11. The zero-order chi connectivity index (χ0) is 17.1. The minimum atomic E-state index is -0.579. The van der Waals surface area contributed by atoms with Gasteiger partial charge in [-0.25, -0.2) is 0 Å². The number of hydrogen-bond donors (Lipinski definition) is 1. The van der Waals surface area contributed by atoms with E-state index in [0.29, 0.717) is 26.3 Å². The molecule has 1 N–H and O–H groups in total. The molecule has 128 valence electrons. The third-order valence-corrected chi connectivity index (χ3v) is 4.44. The second-order valence-corrected chi connectivity index (χ2v) is 5.96. The van der Waals surface area contributed by atoms with Gasteiger partial charge in [0.2, 0.25) is 0 Å². The Hall–Kier alpha value is -2.25. The van der Waals surface area contributed by atoms with E-state index in [9.17, 15) is 14.7 Å². The highest BCUT2D eigenvalue weighted by atomic mass is 16.5. The molecular formula is C17H21N3O4. The van der Waals surface area contributed by atoms with Gasteiger partial charge in [-0.15, -0.1) is 0 Å². The van der Waals surface area contributed by atoms with Gasteiger partial charge < -0.3 is 14.7 Å². The van der Waals surface area contributed by atoms with Gasteiger partial charge in [0.05, 0.1) is 24.8 Å². The van der Waals surface area contributed by atoms with Crippen LogP contribution in [-0.2, 0) is 14.3 Å². The summed E-state index contributed by atoms with van der Waals surface area (Å²) in [5, 5.41) is 10.2. The second-order valence-electron chi connectivity index (χ2n) is 5.96. The van der Waals surface area contributed by atoms with Gasteiger partial charge in [-0.1, -0.05) is 6.07 Å². The van der Waals surface area contributed by atoms with E-state index in [-0.39, 0.29) is 11.4 Å². The summed E-state index contributed by atoms with van der Waals surface area (Å²) in [5.74, 6) is -1.25. The van der Waals surface area contributed by atoms with Crippen LogP contribution in [0.4, 0.5) is 0 Å². The molecule has 1 aromatic rings. The lowest BCUT2D eigenvalue weighted by Gasteiger charge is -2.31. The normalized spacial score (nSPS) is 22.3. The average Bonchev–Trinajstić information content (AvgIpc) is 2.86. The summed E-state index contributed by atoms with van der Waals surface area (Å²) in [4.78, 5) is 32.3. The fourth-order valence-electron chi connectivity index (χ4n) is 3.20. The van der Waals surface area contributed by atoms with Gasteiger partial charge in [0.15, 0.2) is 11.5 Å². The molecule has 1 atom stereocenters. The van der Waals surface area contributed by atoms with Crippen LogP contribution in [0.25, 0.3) is 0 Å². The van der Waals surface area contributed by atoms with Crippen molar-refractivity contribution in [2.45, 2.75) is 13.0 Å². The van der Waals surface area contributed by atoms with Crippen molar-refractivity contribution >= 4 is 11.7 Å². The number of amides is 1. The SMILES string of the molecule is CC(=O)C1=C(O)C(=O)N(CCN2CCOCC2)[C@@H]1c1cccnc1. The first-order valence-electron chi connectivity index (χ1n) is 8.04. The number of carbonyl (C=O) groups excluding carboxylic acids is 2. The van der Waals surface area contributed by atoms with Crippen molar-refractivity contribution < 1.29 is 19.4 Å². The average molecular weight is 331 g/mol. The smallest absolute Gasteiger partial charge is 0.290 e. The number of ketones is 1. The van der Waals surface area contributed by atoms with Crippen LogP contribution in [0.3, 0.4) is 0 Å². The van der Waals surface area contributed by atoms with Gasteiger partial charge in [0, 0.05) is 38.6 Å². The molecule has 24 heavy (non-hydrogen) atoms. The van der Waals surface area contributed by atoms with E-state index in [2.05, 4.69) is 9.88 Å². The van der Waals surface area contributed by atoms with Gasteiger partial charge >= 0.3 is 0 Å². The van der Waals surface area contributed by atoms with Crippen molar-refractivity contribution in [3.63, 3.8) is 0 Å².